The molecule has 0 unspecified atom stereocenters. The van der Waals surface area contributed by atoms with Crippen molar-refractivity contribution in [2.75, 3.05) is 5.32 Å². The lowest BCUT2D eigenvalue weighted by atomic mass is 10.0. The van der Waals surface area contributed by atoms with Gasteiger partial charge in [0.2, 0.25) is 5.89 Å². The predicted octanol–water partition coefficient (Wildman–Crippen LogP) is 6.08. The van der Waals surface area contributed by atoms with Gasteiger partial charge in [0.25, 0.3) is 5.91 Å². The fourth-order valence-electron chi connectivity index (χ4n) is 3.61. The molecule has 0 saturated carbocycles. The number of rotatable bonds is 3. The van der Waals surface area contributed by atoms with Crippen LogP contribution in [0.4, 0.5) is 5.69 Å². The summed E-state index contributed by atoms with van der Waals surface area (Å²) >= 11 is 5.34. The van der Waals surface area contributed by atoms with Gasteiger partial charge in [-0.3, -0.25) is 10.1 Å². The third-order valence-electron chi connectivity index (χ3n) is 5.19. The molecule has 0 aliphatic carbocycles. The molecule has 5 rings (SSSR count). The standard InChI is InChI=1S/C26H19N3O2S/c1-16-9-14-22-23(15-16)31-25(28-22)18-10-12-19(13-11-18)27-26(32)29-24(30)21-8-4-6-17-5-2-3-7-20(17)21/h2-15H,1H3,(H2,27,29,30,32). The van der Waals surface area contributed by atoms with Gasteiger partial charge < -0.3 is 9.73 Å². The van der Waals surface area contributed by atoms with Crippen LogP contribution in [0.2, 0.25) is 0 Å². The maximum atomic E-state index is 12.7. The Labute approximate surface area is 190 Å². The first-order valence-corrected chi connectivity index (χ1v) is 10.6. The van der Waals surface area contributed by atoms with Crippen molar-refractivity contribution in [1.82, 2.24) is 10.3 Å². The summed E-state index contributed by atoms with van der Waals surface area (Å²) in [6.45, 7) is 2.02. The highest BCUT2D eigenvalue weighted by atomic mass is 32.1. The average molecular weight is 438 g/mol. The number of hydrogen-bond acceptors (Lipinski definition) is 4. The molecule has 5 nitrogen and oxygen atoms in total. The number of benzene rings is 4. The number of nitrogens with one attached hydrogen (secondary N) is 2. The Bertz CT molecular complexity index is 1470. The lowest BCUT2D eigenvalue weighted by molar-refractivity contribution is 0.0979. The van der Waals surface area contributed by atoms with E-state index in [2.05, 4.69) is 15.6 Å². The van der Waals surface area contributed by atoms with Crippen LogP contribution in [-0.2, 0) is 0 Å². The molecule has 156 valence electrons. The number of carbonyl (C=O) groups excluding carboxylic acids is 1. The molecule has 0 aliphatic rings. The second kappa shape index (κ2) is 8.24. The molecule has 0 atom stereocenters. The third-order valence-corrected chi connectivity index (χ3v) is 5.40. The molecule has 0 aliphatic heterocycles. The van der Waals surface area contributed by atoms with E-state index in [9.17, 15) is 4.79 Å². The van der Waals surface area contributed by atoms with Gasteiger partial charge in [0.15, 0.2) is 10.7 Å². The third kappa shape index (κ3) is 3.96. The lowest BCUT2D eigenvalue weighted by Gasteiger charge is -2.11. The number of nitrogens with zero attached hydrogens (tertiary/aromatic N) is 1. The Morgan fingerprint density at radius 2 is 1.72 bits per heavy atom. The minimum atomic E-state index is -0.252. The van der Waals surface area contributed by atoms with E-state index in [1.165, 1.54) is 0 Å². The smallest absolute Gasteiger partial charge is 0.258 e. The highest BCUT2D eigenvalue weighted by Gasteiger charge is 2.12. The zero-order valence-electron chi connectivity index (χ0n) is 17.3. The van der Waals surface area contributed by atoms with Gasteiger partial charge in [-0.25, -0.2) is 4.98 Å². The summed E-state index contributed by atoms with van der Waals surface area (Å²) in [7, 11) is 0. The first kappa shape index (κ1) is 19.9. The Kier molecular flexibility index (Phi) is 5.13. The van der Waals surface area contributed by atoms with Crippen molar-refractivity contribution in [2.24, 2.45) is 0 Å². The molecule has 1 heterocycles. The van der Waals surface area contributed by atoms with Crippen molar-refractivity contribution in [3.63, 3.8) is 0 Å². The van der Waals surface area contributed by atoms with Crippen LogP contribution in [0.25, 0.3) is 33.3 Å². The molecular weight excluding hydrogens is 418 g/mol. The van der Waals surface area contributed by atoms with Crippen molar-refractivity contribution in [1.29, 1.82) is 0 Å². The number of aromatic nitrogens is 1. The fourth-order valence-corrected chi connectivity index (χ4v) is 3.82. The summed E-state index contributed by atoms with van der Waals surface area (Å²) in [6, 6.07) is 26.8. The molecular formula is C26H19N3O2S. The maximum absolute atomic E-state index is 12.7. The quantitative estimate of drug-likeness (QED) is 0.335. The number of amides is 1. The maximum Gasteiger partial charge on any atom is 0.258 e. The van der Waals surface area contributed by atoms with Gasteiger partial charge in [-0.2, -0.15) is 0 Å². The molecule has 6 heteroatoms. The van der Waals surface area contributed by atoms with E-state index in [1.807, 2.05) is 85.8 Å². The second-order valence-electron chi connectivity index (χ2n) is 7.50. The number of fused-ring (bicyclic) bond motifs is 2. The number of aryl methyl sites for hydroxylation is 1. The Morgan fingerprint density at radius 3 is 2.56 bits per heavy atom. The molecule has 0 spiro atoms. The van der Waals surface area contributed by atoms with Gasteiger partial charge in [0, 0.05) is 16.8 Å². The van der Waals surface area contributed by atoms with Crippen molar-refractivity contribution < 1.29 is 9.21 Å². The van der Waals surface area contributed by atoms with Gasteiger partial charge in [0.05, 0.1) is 0 Å². The summed E-state index contributed by atoms with van der Waals surface area (Å²) in [5.41, 5.74) is 4.90. The van der Waals surface area contributed by atoms with Crippen LogP contribution in [0, 0.1) is 6.92 Å². The summed E-state index contributed by atoms with van der Waals surface area (Å²) < 4.78 is 5.88. The van der Waals surface area contributed by atoms with Gasteiger partial charge in [-0.1, -0.05) is 42.5 Å². The number of carbonyl (C=O) groups is 1. The lowest BCUT2D eigenvalue weighted by Crippen LogP contribution is -2.34. The number of thiocarbonyl (C=S) groups is 1. The van der Waals surface area contributed by atoms with Gasteiger partial charge in [0.1, 0.15) is 5.52 Å². The van der Waals surface area contributed by atoms with Crippen molar-refractivity contribution in [3.05, 3.63) is 96.1 Å². The average Bonchev–Trinajstić information content (AvgIpc) is 3.22. The van der Waals surface area contributed by atoms with E-state index in [0.717, 1.165) is 38.7 Å². The zero-order chi connectivity index (χ0) is 22.1. The number of hydrogen-bond donors (Lipinski definition) is 2. The van der Waals surface area contributed by atoms with Crippen LogP contribution in [0.3, 0.4) is 0 Å². The van der Waals surface area contributed by atoms with E-state index >= 15 is 0 Å². The van der Waals surface area contributed by atoms with Crippen LogP contribution in [-0.4, -0.2) is 16.0 Å². The molecule has 5 aromatic rings. The fraction of sp³-hybridized carbons (Fsp3) is 0.0385. The Balaban J connectivity index is 1.28. The zero-order valence-corrected chi connectivity index (χ0v) is 18.1. The minimum absolute atomic E-state index is 0.230. The topological polar surface area (TPSA) is 67.2 Å². The number of anilines is 1. The summed E-state index contributed by atoms with van der Waals surface area (Å²) in [5.74, 6) is 0.307. The van der Waals surface area contributed by atoms with Crippen molar-refractivity contribution >= 4 is 50.8 Å². The molecule has 0 radical (unpaired) electrons. The molecule has 4 aromatic carbocycles. The highest BCUT2D eigenvalue weighted by molar-refractivity contribution is 7.80. The van der Waals surface area contributed by atoms with E-state index in [0.29, 0.717) is 11.5 Å². The van der Waals surface area contributed by atoms with Crippen LogP contribution in [0.15, 0.2) is 89.3 Å². The van der Waals surface area contributed by atoms with Crippen molar-refractivity contribution in [2.45, 2.75) is 6.92 Å². The van der Waals surface area contributed by atoms with Crippen LogP contribution >= 0.6 is 12.2 Å². The highest BCUT2D eigenvalue weighted by Crippen LogP contribution is 2.26. The monoisotopic (exact) mass is 437 g/mol. The number of oxazole rings is 1. The summed E-state index contributed by atoms with van der Waals surface area (Å²) in [5, 5.41) is 7.92. The molecule has 0 fully saturated rings. The largest absolute Gasteiger partial charge is 0.436 e. The summed E-state index contributed by atoms with van der Waals surface area (Å²) in [6.07, 6.45) is 0. The Hall–Kier alpha value is -4.03. The molecule has 0 saturated heterocycles. The molecule has 1 amide bonds. The first-order valence-electron chi connectivity index (χ1n) is 10.1. The molecule has 32 heavy (non-hydrogen) atoms. The molecule has 2 N–H and O–H groups in total. The van der Waals surface area contributed by atoms with Crippen LogP contribution < -0.4 is 10.6 Å². The minimum Gasteiger partial charge on any atom is -0.436 e. The van der Waals surface area contributed by atoms with E-state index in [-0.39, 0.29) is 11.0 Å². The van der Waals surface area contributed by atoms with E-state index in [4.69, 9.17) is 16.6 Å². The summed E-state index contributed by atoms with van der Waals surface area (Å²) in [4.78, 5) is 17.3. The predicted molar refractivity (Wildman–Crippen MR) is 132 cm³/mol. The first-order chi connectivity index (χ1) is 15.6. The van der Waals surface area contributed by atoms with E-state index in [1.54, 1.807) is 6.07 Å². The van der Waals surface area contributed by atoms with Gasteiger partial charge in [-0.05, 0) is 77.9 Å². The SMILES string of the molecule is Cc1ccc2nc(-c3ccc(NC(=S)NC(=O)c4cccc5ccccc45)cc3)oc2c1. The Morgan fingerprint density at radius 1 is 0.938 bits per heavy atom. The van der Waals surface area contributed by atoms with Gasteiger partial charge >= 0.3 is 0 Å². The molecule has 0 bridgehead atoms. The van der Waals surface area contributed by atoms with Crippen LogP contribution in [0.5, 0.6) is 0 Å². The van der Waals surface area contributed by atoms with Crippen LogP contribution in [0.1, 0.15) is 15.9 Å². The van der Waals surface area contributed by atoms with E-state index < -0.39 is 0 Å². The van der Waals surface area contributed by atoms with Gasteiger partial charge in [-0.15, -0.1) is 0 Å². The normalized spacial score (nSPS) is 10.9. The van der Waals surface area contributed by atoms with Crippen molar-refractivity contribution in [3.8, 4) is 11.5 Å². The second-order valence-corrected chi connectivity index (χ2v) is 7.91. The molecule has 1 aromatic heterocycles.